The third-order valence-corrected chi connectivity index (χ3v) is 5.18. The van der Waals surface area contributed by atoms with E-state index in [1.54, 1.807) is 17.9 Å². The summed E-state index contributed by atoms with van der Waals surface area (Å²) in [6.45, 7) is 5.23. The number of benzene rings is 1. The van der Waals surface area contributed by atoms with E-state index in [9.17, 15) is 19.3 Å². The molecule has 0 unspecified atom stereocenters. The summed E-state index contributed by atoms with van der Waals surface area (Å²) >= 11 is 6.08. The molecule has 0 bridgehead atoms. The lowest BCUT2D eigenvalue weighted by molar-refractivity contribution is -0.389. The van der Waals surface area contributed by atoms with E-state index in [0.29, 0.717) is 50.0 Å². The summed E-state index contributed by atoms with van der Waals surface area (Å²) in [5.74, 6) is -0.572. The number of nitro groups is 1. The Balaban J connectivity index is 1.48. The fourth-order valence-electron chi connectivity index (χ4n) is 3.21. The predicted molar refractivity (Wildman–Crippen MR) is 102 cm³/mol. The number of aromatic nitrogens is 2. The van der Waals surface area contributed by atoms with Gasteiger partial charge in [0.1, 0.15) is 5.82 Å². The van der Waals surface area contributed by atoms with Gasteiger partial charge in [0.2, 0.25) is 5.91 Å². The highest BCUT2D eigenvalue weighted by atomic mass is 35.5. The molecular formula is C18H21ClFN5O3. The molecule has 2 aromatic rings. The molecule has 2 heterocycles. The quantitative estimate of drug-likeness (QED) is 0.541. The van der Waals surface area contributed by atoms with Gasteiger partial charge in [-0.05, 0) is 29.5 Å². The lowest BCUT2D eigenvalue weighted by Gasteiger charge is -2.35. The number of hydrogen-bond donors (Lipinski definition) is 0. The number of rotatable bonds is 6. The maximum Gasteiger partial charge on any atom is 0.390 e. The van der Waals surface area contributed by atoms with Crippen LogP contribution in [0, 0.1) is 22.9 Å². The van der Waals surface area contributed by atoms with E-state index >= 15 is 0 Å². The van der Waals surface area contributed by atoms with Gasteiger partial charge in [-0.2, -0.15) is 4.68 Å². The van der Waals surface area contributed by atoms with Gasteiger partial charge in [-0.1, -0.05) is 17.7 Å². The van der Waals surface area contributed by atoms with Crippen molar-refractivity contribution >= 4 is 23.3 Å². The van der Waals surface area contributed by atoms with Crippen LogP contribution in [0.1, 0.15) is 17.7 Å². The predicted octanol–water partition coefficient (Wildman–Crippen LogP) is 2.63. The number of amides is 1. The molecule has 1 amide bonds. The van der Waals surface area contributed by atoms with Crippen LogP contribution in [0.2, 0.25) is 5.02 Å². The first-order valence-corrected chi connectivity index (χ1v) is 9.34. The number of halogens is 2. The molecule has 1 fully saturated rings. The van der Waals surface area contributed by atoms with E-state index in [1.165, 1.54) is 22.9 Å². The monoisotopic (exact) mass is 409 g/mol. The minimum Gasteiger partial charge on any atom is -0.358 e. The minimum absolute atomic E-state index is 0.00276. The Morgan fingerprint density at radius 2 is 2.00 bits per heavy atom. The Hall–Kier alpha value is -2.52. The molecular weight excluding hydrogens is 389 g/mol. The van der Waals surface area contributed by atoms with Gasteiger partial charge < -0.3 is 15.0 Å². The molecule has 1 saturated heterocycles. The molecule has 1 aliphatic rings. The van der Waals surface area contributed by atoms with E-state index in [0.717, 1.165) is 5.56 Å². The van der Waals surface area contributed by atoms with Gasteiger partial charge in [0, 0.05) is 44.2 Å². The molecule has 10 heteroatoms. The highest BCUT2D eigenvalue weighted by molar-refractivity contribution is 6.31. The van der Waals surface area contributed by atoms with Gasteiger partial charge in [0.25, 0.3) is 0 Å². The van der Waals surface area contributed by atoms with Gasteiger partial charge in [0.05, 0.1) is 23.4 Å². The van der Waals surface area contributed by atoms with Crippen molar-refractivity contribution < 1.29 is 14.1 Å². The number of piperazine rings is 1. The van der Waals surface area contributed by atoms with E-state index in [1.807, 2.05) is 0 Å². The summed E-state index contributed by atoms with van der Waals surface area (Å²) in [7, 11) is 0. The Morgan fingerprint density at radius 3 is 2.61 bits per heavy atom. The van der Waals surface area contributed by atoms with Crippen molar-refractivity contribution in [2.45, 2.75) is 26.4 Å². The van der Waals surface area contributed by atoms with Crippen LogP contribution in [0.25, 0.3) is 0 Å². The number of carbonyl (C=O) groups excluding carboxylic acids is 1. The molecule has 1 aromatic heterocycles. The summed E-state index contributed by atoms with van der Waals surface area (Å²) in [6.07, 6.45) is 0.240. The zero-order valence-corrected chi connectivity index (χ0v) is 16.2. The Kier molecular flexibility index (Phi) is 6.25. The zero-order chi connectivity index (χ0) is 20.3. The van der Waals surface area contributed by atoms with Crippen LogP contribution in [0.5, 0.6) is 0 Å². The third kappa shape index (κ3) is 4.85. The maximum atomic E-state index is 13.1. The molecule has 0 atom stereocenters. The van der Waals surface area contributed by atoms with E-state index in [2.05, 4.69) is 10.00 Å². The second-order valence-corrected chi connectivity index (χ2v) is 7.17. The first-order valence-electron chi connectivity index (χ1n) is 8.96. The van der Waals surface area contributed by atoms with Crippen LogP contribution in [0.15, 0.2) is 24.3 Å². The lowest BCUT2D eigenvalue weighted by Crippen LogP contribution is -2.48. The van der Waals surface area contributed by atoms with Crippen LogP contribution < -0.4 is 0 Å². The second kappa shape index (κ2) is 8.66. The highest BCUT2D eigenvalue weighted by Gasteiger charge is 2.23. The number of hydrogen-bond acceptors (Lipinski definition) is 5. The molecule has 0 aliphatic carbocycles. The molecule has 0 spiro atoms. The zero-order valence-electron chi connectivity index (χ0n) is 15.5. The molecule has 8 nitrogen and oxygen atoms in total. The van der Waals surface area contributed by atoms with Crippen molar-refractivity contribution in [2.24, 2.45) is 0 Å². The smallest absolute Gasteiger partial charge is 0.358 e. The highest BCUT2D eigenvalue weighted by Crippen LogP contribution is 2.20. The van der Waals surface area contributed by atoms with Crippen LogP contribution in [-0.4, -0.2) is 56.6 Å². The maximum absolute atomic E-state index is 13.1. The standard InChI is InChI=1S/C18H21ClFN5O3/c1-13-10-17(25(27)28)21-24(13)5-4-18(26)23-8-6-22(7-9-23)12-14-2-3-15(20)11-16(14)19/h2-3,10-11H,4-9,12H2,1H3. The molecule has 0 saturated carbocycles. The van der Waals surface area contributed by atoms with E-state index in [-0.39, 0.29) is 24.0 Å². The van der Waals surface area contributed by atoms with Gasteiger partial charge in [-0.3, -0.25) is 9.69 Å². The Morgan fingerprint density at radius 1 is 1.29 bits per heavy atom. The molecule has 3 rings (SSSR count). The van der Waals surface area contributed by atoms with Crippen molar-refractivity contribution in [3.8, 4) is 0 Å². The van der Waals surface area contributed by atoms with Gasteiger partial charge in [0.15, 0.2) is 0 Å². The first kappa shape index (κ1) is 20.2. The molecule has 0 radical (unpaired) electrons. The van der Waals surface area contributed by atoms with Crippen molar-refractivity contribution in [1.29, 1.82) is 0 Å². The van der Waals surface area contributed by atoms with Crippen molar-refractivity contribution in [3.63, 3.8) is 0 Å². The summed E-state index contributed by atoms with van der Waals surface area (Å²) in [5, 5.41) is 15.1. The normalized spacial score (nSPS) is 15.0. The van der Waals surface area contributed by atoms with E-state index in [4.69, 9.17) is 11.6 Å². The van der Waals surface area contributed by atoms with Gasteiger partial charge in [-0.15, -0.1) is 0 Å². The molecule has 1 aliphatic heterocycles. The lowest BCUT2D eigenvalue weighted by atomic mass is 10.2. The van der Waals surface area contributed by atoms with Crippen LogP contribution in [-0.2, 0) is 17.9 Å². The molecule has 150 valence electrons. The second-order valence-electron chi connectivity index (χ2n) is 6.77. The number of aryl methyl sites for hydroxylation is 2. The van der Waals surface area contributed by atoms with Crippen molar-refractivity contribution in [2.75, 3.05) is 26.2 Å². The third-order valence-electron chi connectivity index (χ3n) is 4.83. The van der Waals surface area contributed by atoms with E-state index < -0.39 is 4.92 Å². The topological polar surface area (TPSA) is 84.5 Å². The van der Waals surface area contributed by atoms with Crippen LogP contribution in [0.3, 0.4) is 0 Å². The summed E-state index contributed by atoms with van der Waals surface area (Å²) in [4.78, 5) is 26.6. The number of carbonyl (C=O) groups is 1. The molecule has 1 aromatic carbocycles. The summed E-state index contributed by atoms with van der Waals surface area (Å²) < 4.78 is 14.6. The average molecular weight is 410 g/mol. The largest absolute Gasteiger partial charge is 0.390 e. The minimum atomic E-state index is -0.544. The Bertz CT molecular complexity index is 880. The first-order chi connectivity index (χ1) is 13.3. The Labute approximate surface area is 166 Å². The number of nitrogens with zero attached hydrogens (tertiary/aromatic N) is 5. The van der Waals surface area contributed by atoms with Gasteiger partial charge >= 0.3 is 5.82 Å². The molecule has 0 N–H and O–H groups in total. The fraction of sp³-hybridized carbons (Fsp3) is 0.444. The van der Waals surface area contributed by atoms with Crippen LogP contribution >= 0.6 is 11.6 Å². The van der Waals surface area contributed by atoms with Crippen molar-refractivity contribution in [1.82, 2.24) is 19.6 Å². The average Bonchev–Trinajstić information content (AvgIpc) is 3.04. The van der Waals surface area contributed by atoms with Crippen molar-refractivity contribution in [3.05, 3.63) is 56.5 Å². The molecule has 28 heavy (non-hydrogen) atoms. The SMILES string of the molecule is Cc1cc([N+](=O)[O-])nn1CCC(=O)N1CCN(Cc2ccc(F)cc2Cl)CC1. The summed E-state index contributed by atoms with van der Waals surface area (Å²) in [5.41, 5.74) is 1.51. The van der Waals surface area contributed by atoms with Crippen LogP contribution in [0.4, 0.5) is 10.2 Å². The van der Waals surface area contributed by atoms with Gasteiger partial charge in [-0.25, -0.2) is 4.39 Å². The summed E-state index contributed by atoms with van der Waals surface area (Å²) in [6, 6.07) is 5.77. The fourth-order valence-corrected chi connectivity index (χ4v) is 3.44.